The molecule has 130 valence electrons. The first-order valence-electron chi connectivity index (χ1n) is 8.35. The van der Waals surface area contributed by atoms with Crippen molar-refractivity contribution >= 4 is 17.3 Å². The van der Waals surface area contributed by atoms with Crippen LogP contribution in [0, 0.1) is 5.92 Å². The van der Waals surface area contributed by atoms with E-state index in [4.69, 9.17) is 9.15 Å². The summed E-state index contributed by atoms with van der Waals surface area (Å²) in [5.41, 5.74) is 0.856. The van der Waals surface area contributed by atoms with Gasteiger partial charge >= 0.3 is 0 Å². The highest BCUT2D eigenvalue weighted by molar-refractivity contribution is 7.13. The van der Waals surface area contributed by atoms with E-state index in [0.717, 1.165) is 48.6 Å². The summed E-state index contributed by atoms with van der Waals surface area (Å²) < 4.78 is 11.1. The average Bonchev–Trinajstić information content (AvgIpc) is 3.08. The quantitative estimate of drug-likeness (QED) is 0.414. The van der Waals surface area contributed by atoms with Gasteiger partial charge in [-0.15, -0.1) is 11.3 Å². The first-order chi connectivity index (χ1) is 11.8. The number of nitrogens with one attached hydrogen (secondary N) is 2. The van der Waals surface area contributed by atoms with Gasteiger partial charge < -0.3 is 19.8 Å². The Hall–Kier alpha value is -1.86. The van der Waals surface area contributed by atoms with Gasteiger partial charge in [-0.3, -0.25) is 4.99 Å². The van der Waals surface area contributed by atoms with Crippen LogP contribution >= 0.6 is 11.3 Å². The van der Waals surface area contributed by atoms with Crippen molar-refractivity contribution in [3.05, 3.63) is 29.5 Å². The third kappa shape index (κ3) is 5.35. The maximum absolute atomic E-state index is 5.62. The molecule has 0 radical (unpaired) electrons. The first kappa shape index (κ1) is 17.0. The van der Waals surface area contributed by atoms with Gasteiger partial charge in [0, 0.05) is 26.8 Å². The molecule has 1 fully saturated rings. The molecule has 2 N–H and O–H groups in total. The maximum Gasteiger partial charge on any atom is 0.236 e. The molecule has 1 aliphatic carbocycles. The number of nitrogens with zero attached hydrogens (tertiary/aromatic N) is 2. The fourth-order valence-corrected chi connectivity index (χ4v) is 2.87. The van der Waals surface area contributed by atoms with E-state index in [2.05, 4.69) is 20.6 Å². The summed E-state index contributed by atoms with van der Waals surface area (Å²) >= 11 is 1.62. The molecule has 0 saturated heterocycles. The molecule has 1 saturated carbocycles. The Morgan fingerprint density at radius 1 is 1.46 bits per heavy atom. The molecular formula is C17H24N4O2S. The van der Waals surface area contributed by atoms with Crippen LogP contribution < -0.4 is 10.6 Å². The molecule has 7 heteroatoms. The number of aliphatic imine (C=N–C) groups is 1. The molecule has 0 amide bonds. The predicted molar refractivity (Wildman–Crippen MR) is 96.2 cm³/mol. The second-order valence-corrected chi connectivity index (χ2v) is 6.79. The van der Waals surface area contributed by atoms with Crippen LogP contribution in [0.15, 0.2) is 33.2 Å². The topological polar surface area (TPSA) is 71.7 Å². The second kappa shape index (κ2) is 8.84. The van der Waals surface area contributed by atoms with Gasteiger partial charge in [-0.25, -0.2) is 4.98 Å². The van der Waals surface area contributed by atoms with Crippen LogP contribution in [0.1, 0.15) is 25.0 Å². The van der Waals surface area contributed by atoms with Gasteiger partial charge in [-0.05, 0) is 36.6 Å². The van der Waals surface area contributed by atoms with E-state index < -0.39 is 0 Å². The number of ether oxygens (including phenoxy) is 1. The molecule has 0 aliphatic heterocycles. The van der Waals surface area contributed by atoms with Gasteiger partial charge in [0.15, 0.2) is 5.96 Å². The Morgan fingerprint density at radius 2 is 2.38 bits per heavy atom. The highest BCUT2D eigenvalue weighted by atomic mass is 32.1. The summed E-state index contributed by atoms with van der Waals surface area (Å²) in [6, 6.07) is 3.99. The summed E-state index contributed by atoms with van der Waals surface area (Å²) in [5.74, 6) is 2.25. The molecule has 0 aromatic carbocycles. The molecule has 3 rings (SSSR count). The van der Waals surface area contributed by atoms with Gasteiger partial charge in [0.25, 0.3) is 0 Å². The van der Waals surface area contributed by atoms with Crippen LogP contribution in [-0.4, -0.2) is 37.7 Å². The van der Waals surface area contributed by atoms with E-state index >= 15 is 0 Å². The van der Waals surface area contributed by atoms with Gasteiger partial charge in [0.1, 0.15) is 6.26 Å². The zero-order valence-corrected chi connectivity index (χ0v) is 14.8. The predicted octanol–water partition coefficient (Wildman–Crippen LogP) is 2.88. The van der Waals surface area contributed by atoms with Gasteiger partial charge in [-0.1, -0.05) is 6.07 Å². The monoisotopic (exact) mass is 348 g/mol. The second-order valence-electron chi connectivity index (χ2n) is 5.85. The van der Waals surface area contributed by atoms with Crippen LogP contribution in [0.3, 0.4) is 0 Å². The third-order valence-electron chi connectivity index (χ3n) is 3.75. The van der Waals surface area contributed by atoms with Crippen LogP contribution in [-0.2, 0) is 11.3 Å². The van der Waals surface area contributed by atoms with Crippen molar-refractivity contribution in [2.24, 2.45) is 10.9 Å². The molecular weight excluding hydrogens is 324 g/mol. The van der Waals surface area contributed by atoms with Gasteiger partial charge in [-0.2, -0.15) is 0 Å². The van der Waals surface area contributed by atoms with E-state index in [9.17, 15) is 0 Å². The minimum Gasteiger partial charge on any atom is -0.443 e. The molecule has 0 spiro atoms. The number of hydrogen-bond acceptors (Lipinski definition) is 5. The summed E-state index contributed by atoms with van der Waals surface area (Å²) in [7, 11) is 1.76. The SMILES string of the molecule is CN=C(NCCCOCC1CC1)NCc1coc(-c2cccs2)n1. The van der Waals surface area contributed by atoms with Crippen molar-refractivity contribution in [2.75, 3.05) is 26.8 Å². The van der Waals surface area contributed by atoms with E-state index in [-0.39, 0.29) is 0 Å². The smallest absolute Gasteiger partial charge is 0.236 e. The van der Waals surface area contributed by atoms with Crippen molar-refractivity contribution in [3.8, 4) is 10.8 Å². The van der Waals surface area contributed by atoms with Gasteiger partial charge in [0.2, 0.25) is 5.89 Å². The number of thiophene rings is 1. The Bertz CT molecular complexity index is 635. The average molecular weight is 348 g/mol. The molecule has 2 heterocycles. The zero-order chi connectivity index (χ0) is 16.6. The molecule has 0 unspecified atom stereocenters. The lowest BCUT2D eigenvalue weighted by Crippen LogP contribution is -2.37. The molecule has 0 atom stereocenters. The summed E-state index contributed by atoms with van der Waals surface area (Å²) in [5, 5.41) is 8.53. The van der Waals surface area contributed by atoms with Crippen molar-refractivity contribution in [2.45, 2.75) is 25.8 Å². The van der Waals surface area contributed by atoms with Crippen molar-refractivity contribution in [3.63, 3.8) is 0 Å². The third-order valence-corrected chi connectivity index (χ3v) is 4.61. The van der Waals surface area contributed by atoms with Crippen molar-refractivity contribution in [1.82, 2.24) is 15.6 Å². The largest absolute Gasteiger partial charge is 0.443 e. The van der Waals surface area contributed by atoms with E-state index in [1.54, 1.807) is 24.6 Å². The van der Waals surface area contributed by atoms with Crippen LogP contribution in [0.4, 0.5) is 0 Å². The number of aromatic nitrogens is 1. The molecule has 24 heavy (non-hydrogen) atoms. The fourth-order valence-electron chi connectivity index (χ4n) is 2.21. The van der Waals surface area contributed by atoms with Gasteiger partial charge in [0.05, 0.1) is 17.1 Å². The highest BCUT2D eigenvalue weighted by Gasteiger charge is 2.20. The number of hydrogen-bond donors (Lipinski definition) is 2. The maximum atomic E-state index is 5.62. The number of oxazole rings is 1. The normalized spacial score (nSPS) is 14.8. The van der Waals surface area contributed by atoms with Crippen molar-refractivity contribution in [1.29, 1.82) is 0 Å². The lowest BCUT2D eigenvalue weighted by atomic mass is 10.4. The van der Waals surface area contributed by atoms with E-state index in [0.29, 0.717) is 12.4 Å². The molecule has 0 bridgehead atoms. The highest BCUT2D eigenvalue weighted by Crippen LogP contribution is 2.28. The van der Waals surface area contributed by atoms with Crippen LogP contribution in [0.2, 0.25) is 0 Å². The molecule has 6 nitrogen and oxygen atoms in total. The molecule has 1 aliphatic rings. The van der Waals surface area contributed by atoms with Crippen LogP contribution in [0.25, 0.3) is 10.8 Å². The lowest BCUT2D eigenvalue weighted by molar-refractivity contribution is 0.123. The summed E-state index contributed by atoms with van der Waals surface area (Å²) in [6.07, 6.45) is 5.33. The standard InChI is InChI=1S/C17H24N4O2S/c1-18-17(19-7-3-8-22-11-13-5-6-13)20-10-14-12-23-16(21-14)15-4-2-9-24-15/h2,4,9,12-13H,3,5-8,10-11H2,1H3,(H2,18,19,20). The molecule has 2 aromatic heterocycles. The first-order valence-corrected chi connectivity index (χ1v) is 9.23. The number of rotatable bonds is 9. The fraction of sp³-hybridized carbons (Fsp3) is 0.529. The number of guanidine groups is 1. The Kier molecular flexibility index (Phi) is 6.26. The van der Waals surface area contributed by atoms with E-state index in [1.807, 2.05) is 17.5 Å². The molecule has 2 aromatic rings. The Morgan fingerprint density at radius 3 is 3.12 bits per heavy atom. The Labute approximate surface area is 146 Å². The minimum atomic E-state index is 0.576. The van der Waals surface area contributed by atoms with Crippen LogP contribution in [0.5, 0.6) is 0 Å². The zero-order valence-electron chi connectivity index (χ0n) is 14.0. The minimum absolute atomic E-state index is 0.576. The van der Waals surface area contributed by atoms with E-state index in [1.165, 1.54) is 12.8 Å². The summed E-state index contributed by atoms with van der Waals surface area (Å²) in [6.45, 7) is 3.13. The lowest BCUT2D eigenvalue weighted by Gasteiger charge is -2.10. The Balaban J connectivity index is 1.33. The van der Waals surface area contributed by atoms with Crippen molar-refractivity contribution < 1.29 is 9.15 Å². The summed E-state index contributed by atoms with van der Waals surface area (Å²) in [4.78, 5) is 9.73.